The summed E-state index contributed by atoms with van der Waals surface area (Å²) in [5, 5.41) is 9.97. The molecule has 100 valence electrons. The quantitative estimate of drug-likeness (QED) is 0.896. The number of halogens is 4. The minimum absolute atomic E-state index is 0.101. The standard InChI is InChI=1S/C14H10BrF3O/c15-11-3-2-10(16)5-9(11)7-14(19)8-1-4-12(17)13(18)6-8/h1-6,14,19H,7H2. The lowest BCUT2D eigenvalue weighted by Crippen LogP contribution is -2.04. The number of aliphatic hydroxyl groups is 1. The third-order valence-corrected chi connectivity index (χ3v) is 3.52. The van der Waals surface area contributed by atoms with E-state index in [0.29, 0.717) is 10.0 Å². The highest BCUT2D eigenvalue weighted by molar-refractivity contribution is 9.10. The number of hydrogen-bond acceptors (Lipinski definition) is 1. The highest BCUT2D eigenvalue weighted by Crippen LogP contribution is 2.25. The van der Waals surface area contributed by atoms with E-state index in [9.17, 15) is 18.3 Å². The van der Waals surface area contributed by atoms with Crippen LogP contribution in [0.25, 0.3) is 0 Å². The van der Waals surface area contributed by atoms with E-state index in [4.69, 9.17) is 0 Å². The minimum atomic E-state index is -1.03. The van der Waals surface area contributed by atoms with Gasteiger partial charge in [-0.1, -0.05) is 22.0 Å². The first-order valence-corrected chi connectivity index (χ1v) is 6.33. The van der Waals surface area contributed by atoms with E-state index in [1.54, 1.807) is 0 Å². The molecule has 1 unspecified atom stereocenters. The summed E-state index contributed by atoms with van der Waals surface area (Å²) in [6.07, 6.45) is -0.933. The lowest BCUT2D eigenvalue weighted by atomic mass is 10.0. The molecule has 1 atom stereocenters. The van der Waals surface area contributed by atoms with Gasteiger partial charge in [0, 0.05) is 10.9 Å². The molecule has 0 aliphatic rings. The van der Waals surface area contributed by atoms with Crippen LogP contribution in [0.5, 0.6) is 0 Å². The van der Waals surface area contributed by atoms with Crippen LogP contribution >= 0.6 is 15.9 Å². The summed E-state index contributed by atoms with van der Waals surface area (Å²) in [6, 6.07) is 7.30. The van der Waals surface area contributed by atoms with Crippen LogP contribution in [0.2, 0.25) is 0 Å². The zero-order chi connectivity index (χ0) is 14.0. The molecule has 0 aliphatic carbocycles. The van der Waals surface area contributed by atoms with Gasteiger partial charge in [-0.3, -0.25) is 0 Å². The van der Waals surface area contributed by atoms with Gasteiger partial charge in [0.1, 0.15) is 5.82 Å². The molecule has 0 aliphatic heterocycles. The maximum Gasteiger partial charge on any atom is 0.159 e. The average Bonchev–Trinajstić information content (AvgIpc) is 2.37. The Morgan fingerprint density at radius 3 is 2.42 bits per heavy atom. The van der Waals surface area contributed by atoms with E-state index in [2.05, 4.69) is 15.9 Å². The Morgan fingerprint density at radius 1 is 1.00 bits per heavy atom. The normalized spacial score (nSPS) is 12.5. The molecule has 5 heteroatoms. The predicted molar refractivity (Wildman–Crippen MR) is 69.1 cm³/mol. The van der Waals surface area contributed by atoms with Crippen LogP contribution < -0.4 is 0 Å². The third kappa shape index (κ3) is 3.36. The van der Waals surface area contributed by atoms with Gasteiger partial charge in [0.15, 0.2) is 11.6 Å². The maximum atomic E-state index is 13.1. The lowest BCUT2D eigenvalue weighted by Gasteiger charge is -2.12. The van der Waals surface area contributed by atoms with Crippen LogP contribution in [0.1, 0.15) is 17.2 Å². The summed E-state index contributed by atoms with van der Waals surface area (Å²) in [4.78, 5) is 0. The molecule has 0 spiro atoms. The van der Waals surface area contributed by atoms with Gasteiger partial charge < -0.3 is 5.11 Å². The summed E-state index contributed by atoms with van der Waals surface area (Å²) < 4.78 is 39.6. The van der Waals surface area contributed by atoms with E-state index < -0.39 is 23.6 Å². The zero-order valence-electron chi connectivity index (χ0n) is 9.71. The second-order valence-corrected chi connectivity index (χ2v) is 4.98. The molecule has 0 aromatic heterocycles. The van der Waals surface area contributed by atoms with Crippen molar-refractivity contribution in [2.24, 2.45) is 0 Å². The van der Waals surface area contributed by atoms with Crippen molar-refractivity contribution < 1.29 is 18.3 Å². The molecule has 0 radical (unpaired) electrons. The minimum Gasteiger partial charge on any atom is -0.388 e. The number of benzene rings is 2. The molecule has 0 fully saturated rings. The van der Waals surface area contributed by atoms with Crippen molar-refractivity contribution in [2.75, 3.05) is 0 Å². The molecule has 1 N–H and O–H groups in total. The number of hydrogen-bond donors (Lipinski definition) is 1. The first-order valence-electron chi connectivity index (χ1n) is 5.54. The lowest BCUT2D eigenvalue weighted by molar-refractivity contribution is 0.177. The van der Waals surface area contributed by atoms with Crippen LogP contribution in [-0.2, 0) is 6.42 Å². The number of aliphatic hydroxyl groups excluding tert-OH is 1. The van der Waals surface area contributed by atoms with E-state index in [1.165, 1.54) is 24.3 Å². The monoisotopic (exact) mass is 330 g/mol. The molecule has 0 saturated heterocycles. The smallest absolute Gasteiger partial charge is 0.159 e. The van der Waals surface area contributed by atoms with Crippen molar-refractivity contribution in [3.8, 4) is 0 Å². The van der Waals surface area contributed by atoms with Gasteiger partial charge in [-0.2, -0.15) is 0 Å². The van der Waals surface area contributed by atoms with Crippen LogP contribution in [0.3, 0.4) is 0 Å². The van der Waals surface area contributed by atoms with Crippen LogP contribution in [0.15, 0.2) is 40.9 Å². The molecular weight excluding hydrogens is 321 g/mol. The largest absolute Gasteiger partial charge is 0.388 e. The van der Waals surface area contributed by atoms with Gasteiger partial charge in [-0.25, -0.2) is 13.2 Å². The summed E-state index contributed by atoms with van der Waals surface area (Å²) in [6.45, 7) is 0. The van der Waals surface area contributed by atoms with Gasteiger partial charge in [-0.05, 0) is 41.5 Å². The first kappa shape index (κ1) is 14.1. The third-order valence-electron chi connectivity index (χ3n) is 2.75. The molecule has 1 nitrogen and oxygen atoms in total. The fraction of sp³-hybridized carbons (Fsp3) is 0.143. The van der Waals surface area contributed by atoms with Crippen LogP contribution in [-0.4, -0.2) is 5.11 Å². The molecule has 2 aromatic carbocycles. The van der Waals surface area contributed by atoms with Crippen LogP contribution in [0, 0.1) is 17.5 Å². The maximum absolute atomic E-state index is 13.1. The van der Waals surface area contributed by atoms with Gasteiger partial charge >= 0.3 is 0 Å². The van der Waals surface area contributed by atoms with Crippen molar-refractivity contribution in [1.29, 1.82) is 0 Å². The molecule has 19 heavy (non-hydrogen) atoms. The Kier molecular flexibility index (Phi) is 4.27. The van der Waals surface area contributed by atoms with E-state index in [0.717, 1.165) is 12.1 Å². The number of rotatable bonds is 3. The van der Waals surface area contributed by atoms with Crippen molar-refractivity contribution in [3.05, 3.63) is 69.4 Å². The Hall–Kier alpha value is -1.33. The average molecular weight is 331 g/mol. The van der Waals surface area contributed by atoms with Crippen molar-refractivity contribution in [2.45, 2.75) is 12.5 Å². The Morgan fingerprint density at radius 2 is 1.74 bits per heavy atom. The summed E-state index contributed by atoms with van der Waals surface area (Å²) >= 11 is 3.25. The van der Waals surface area contributed by atoms with E-state index in [1.807, 2.05) is 0 Å². The van der Waals surface area contributed by atoms with Gasteiger partial charge in [0.05, 0.1) is 6.10 Å². The highest BCUT2D eigenvalue weighted by atomic mass is 79.9. The fourth-order valence-corrected chi connectivity index (χ4v) is 2.15. The molecule has 0 saturated carbocycles. The van der Waals surface area contributed by atoms with E-state index >= 15 is 0 Å². The second-order valence-electron chi connectivity index (χ2n) is 4.13. The second kappa shape index (κ2) is 5.75. The summed E-state index contributed by atoms with van der Waals surface area (Å²) in [5.41, 5.74) is 0.798. The Balaban J connectivity index is 2.22. The molecular formula is C14H10BrF3O. The summed E-state index contributed by atoms with van der Waals surface area (Å²) in [5.74, 6) is -2.41. The highest BCUT2D eigenvalue weighted by Gasteiger charge is 2.13. The molecule has 2 rings (SSSR count). The van der Waals surface area contributed by atoms with Crippen LogP contribution in [0.4, 0.5) is 13.2 Å². The molecule has 0 bridgehead atoms. The van der Waals surface area contributed by atoms with Gasteiger partial charge in [-0.15, -0.1) is 0 Å². The van der Waals surface area contributed by atoms with Crippen molar-refractivity contribution in [3.63, 3.8) is 0 Å². The Bertz CT molecular complexity index is 601. The topological polar surface area (TPSA) is 20.2 Å². The Labute approximate surface area is 116 Å². The molecule has 0 amide bonds. The first-order chi connectivity index (χ1) is 8.97. The van der Waals surface area contributed by atoms with Crippen molar-refractivity contribution >= 4 is 15.9 Å². The van der Waals surface area contributed by atoms with Gasteiger partial charge in [0.25, 0.3) is 0 Å². The molecule has 2 aromatic rings. The fourth-order valence-electron chi connectivity index (χ4n) is 1.75. The summed E-state index contributed by atoms with van der Waals surface area (Å²) in [7, 11) is 0. The molecule has 0 heterocycles. The predicted octanol–water partition coefficient (Wildman–Crippen LogP) is 4.14. The van der Waals surface area contributed by atoms with E-state index in [-0.39, 0.29) is 12.0 Å². The van der Waals surface area contributed by atoms with Gasteiger partial charge in [0.2, 0.25) is 0 Å². The SMILES string of the molecule is OC(Cc1cc(F)ccc1Br)c1ccc(F)c(F)c1. The zero-order valence-corrected chi connectivity index (χ0v) is 11.3. The van der Waals surface area contributed by atoms with Crippen molar-refractivity contribution in [1.82, 2.24) is 0 Å².